The number of nitrogens with zero attached hydrogens (tertiary/aromatic N) is 1. The van der Waals surface area contributed by atoms with Crippen LogP contribution in [-0.4, -0.2) is 65.6 Å². The summed E-state index contributed by atoms with van der Waals surface area (Å²) in [6.07, 6.45) is 1.05. The van der Waals surface area contributed by atoms with E-state index in [1.165, 1.54) is 24.9 Å². The number of carbonyl (C=O) groups is 3. The molecule has 0 spiro atoms. The zero-order valence-electron chi connectivity index (χ0n) is 20.7. The number of halogens is 1. The van der Waals surface area contributed by atoms with Gasteiger partial charge in [0.1, 0.15) is 5.44 Å². The molecule has 1 heterocycles. The SMILES string of the molecule is CC.CC(C)OC(=O)OC(C)SC1CCN(Cc2ccccc2Cl)C/C1=C/C(=O)O.COC=O. The molecule has 2 rings (SSSR count). The first kappa shape index (κ1) is 31.8. The molecule has 34 heavy (non-hydrogen) atoms. The van der Waals surface area contributed by atoms with Gasteiger partial charge in [0.25, 0.3) is 6.47 Å². The average Bonchev–Trinajstić information content (AvgIpc) is 2.77. The van der Waals surface area contributed by atoms with Gasteiger partial charge in [-0.1, -0.05) is 43.6 Å². The van der Waals surface area contributed by atoms with E-state index in [0.29, 0.717) is 24.6 Å². The monoisotopic (exact) mass is 517 g/mol. The maximum absolute atomic E-state index is 11.7. The number of methoxy groups -OCH3 is 1. The fourth-order valence-electron chi connectivity index (χ4n) is 2.99. The minimum absolute atomic E-state index is 0.0413. The van der Waals surface area contributed by atoms with Gasteiger partial charge in [0, 0.05) is 36.0 Å². The molecule has 2 unspecified atom stereocenters. The minimum Gasteiger partial charge on any atom is -0.478 e. The van der Waals surface area contributed by atoms with E-state index in [-0.39, 0.29) is 11.4 Å². The van der Waals surface area contributed by atoms with Crippen LogP contribution in [0.2, 0.25) is 5.02 Å². The van der Waals surface area contributed by atoms with Crippen LogP contribution in [-0.2, 0) is 30.3 Å². The lowest BCUT2D eigenvalue weighted by Crippen LogP contribution is -2.37. The van der Waals surface area contributed by atoms with E-state index in [0.717, 1.165) is 24.1 Å². The molecule has 1 fully saturated rings. The molecule has 1 aliphatic rings. The number of carbonyl (C=O) groups excluding carboxylic acids is 2. The number of benzene rings is 1. The van der Waals surface area contributed by atoms with Crippen LogP contribution in [0.4, 0.5) is 4.79 Å². The molecule has 0 aliphatic carbocycles. The maximum Gasteiger partial charge on any atom is 0.509 e. The molecule has 1 N–H and O–H groups in total. The van der Waals surface area contributed by atoms with Crippen LogP contribution in [0, 0.1) is 0 Å². The number of aliphatic carboxylic acids is 1. The van der Waals surface area contributed by atoms with Gasteiger partial charge in [0.15, 0.2) is 0 Å². The molecule has 0 bridgehead atoms. The van der Waals surface area contributed by atoms with Gasteiger partial charge in [-0.3, -0.25) is 9.69 Å². The highest BCUT2D eigenvalue weighted by Gasteiger charge is 2.28. The molecule has 0 amide bonds. The van der Waals surface area contributed by atoms with Crippen molar-refractivity contribution in [2.75, 3.05) is 20.2 Å². The number of rotatable bonds is 8. The van der Waals surface area contributed by atoms with E-state index in [4.69, 9.17) is 25.9 Å². The predicted molar refractivity (Wildman–Crippen MR) is 135 cm³/mol. The van der Waals surface area contributed by atoms with Crippen LogP contribution in [0.5, 0.6) is 0 Å². The molecule has 1 aliphatic heterocycles. The first-order valence-corrected chi connectivity index (χ1v) is 12.4. The molecule has 1 aromatic carbocycles. The lowest BCUT2D eigenvalue weighted by atomic mass is 10.0. The van der Waals surface area contributed by atoms with Crippen LogP contribution < -0.4 is 0 Å². The molecule has 8 nitrogen and oxygen atoms in total. The van der Waals surface area contributed by atoms with Crippen LogP contribution in [0.15, 0.2) is 35.9 Å². The first-order chi connectivity index (χ1) is 16.2. The summed E-state index contributed by atoms with van der Waals surface area (Å²) in [5.41, 5.74) is 1.37. The Bertz CT molecular complexity index is 788. The summed E-state index contributed by atoms with van der Waals surface area (Å²) in [6, 6.07) is 7.64. The number of carboxylic acid groups (broad SMARTS) is 1. The molecule has 1 saturated heterocycles. The first-order valence-electron chi connectivity index (χ1n) is 11.0. The smallest absolute Gasteiger partial charge is 0.478 e. The Kier molecular flexibility index (Phi) is 17.0. The highest BCUT2D eigenvalue weighted by molar-refractivity contribution is 8.00. The van der Waals surface area contributed by atoms with Gasteiger partial charge in [0.2, 0.25) is 0 Å². The van der Waals surface area contributed by atoms with Gasteiger partial charge >= 0.3 is 12.1 Å². The summed E-state index contributed by atoms with van der Waals surface area (Å²) in [4.78, 5) is 34.1. The van der Waals surface area contributed by atoms with Crippen LogP contribution >= 0.6 is 23.4 Å². The van der Waals surface area contributed by atoms with E-state index in [9.17, 15) is 14.7 Å². The zero-order valence-corrected chi connectivity index (χ0v) is 22.2. The minimum atomic E-state index is -0.979. The molecule has 0 saturated carbocycles. The Balaban J connectivity index is 0.00000164. The van der Waals surface area contributed by atoms with E-state index in [1.807, 2.05) is 38.1 Å². The van der Waals surface area contributed by atoms with E-state index in [2.05, 4.69) is 9.64 Å². The summed E-state index contributed by atoms with van der Waals surface area (Å²) in [5.74, 6) is -0.979. The second-order valence-electron chi connectivity index (χ2n) is 7.21. The van der Waals surface area contributed by atoms with Gasteiger partial charge in [-0.25, -0.2) is 9.59 Å². The van der Waals surface area contributed by atoms with E-state index in [1.54, 1.807) is 20.8 Å². The topological polar surface area (TPSA) is 102 Å². The maximum atomic E-state index is 11.7. The third-order valence-corrected chi connectivity index (χ3v) is 5.95. The Morgan fingerprint density at radius 2 is 1.85 bits per heavy atom. The number of carboxylic acids is 1. The second-order valence-corrected chi connectivity index (χ2v) is 9.12. The van der Waals surface area contributed by atoms with Gasteiger partial charge in [-0.15, -0.1) is 11.8 Å². The fraction of sp³-hybridized carbons (Fsp3) is 0.542. The summed E-state index contributed by atoms with van der Waals surface area (Å²) in [5, 5.41) is 9.91. The highest BCUT2D eigenvalue weighted by Crippen LogP contribution is 2.32. The Morgan fingerprint density at radius 3 is 2.38 bits per heavy atom. The molecular formula is C24H36ClNO7S. The normalized spacial score (nSPS) is 17.4. The van der Waals surface area contributed by atoms with Gasteiger partial charge in [-0.2, -0.15) is 0 Å². The van der Waals surface area contributed by atoms with Crippen LogP contribution in [0.1, 0.15) is 46.6 Å². The molecule has 0 radical (unpaired) electrons. The fourth-order valence-corrected chi connectivity index (χ4v) is 4.35. The van der Waals surface area contributed by atoms with Crippen molar-refractivity contribution in [1.82, 2.24) is 4.90 Å². The van der Waals surface area contributed by atoms with Crippen molar-refractivity contribution in [2.45, 2.75) is 64.4 Å². The molecule has 2 atom stereocenters. The molecule has 192 valence electrons. The van der Waals surface area contributed by atoms with E-state index >= 15 is 0 Å². The second kappa shape index (κ2) is 18.1. The van der Waals surface area contributed by atoms with Crippen molar-refractivity contribution in [3.63, 3.8) is 0 Å². The number of hydrogen-bond acceptors (Lipinski definition) is 8. The van der Waals surface area contributed by atoms with E-state index < -0.39 is 17.6 Å². The Hall–Kier alpha value is -2.23. The molecule has 10 heteroatoms. The average molecular weight is 518 g/mol. The molecule has 0 aromatic heterocycles. The lowest BCUT2D eigenvalue weighted by Gasteiger charge is -2.35. The van der Waals surface area contributed by atoms with Crippen molar-refractivity contribution in [3.8, 4) is 0 Å². The van der Waals surface area contributed by atoms with Crippen molar-refractivity contribution < 1.29 is 33.7 Å². The van der Waals surface area contributed by atoms with Gasteiger partial charge < -0.3 is 19.3 Å². The summed E-state index contributed by atoms with van der Waals surface area (Å²) in [7, 11) is 1.31. The molecule has 1 aromatic rings. The number of likely N-dealkylation sites (tertiary alicyclic amines) is 1. The van der Waals surface area contributed by atoms with Crippen molar-refractivity contribution in [2.24, 2.45) is 0 Å². The highest BCUT2D eigenvalue weighted by atomic mass is 35.5. The van der Waals surface area contributed by atoms with Crippen molar-refractivity contribution >= 4 is 42.0 Å². The largest absolute Gasteiger partial charge is 0.509 e. The quantitative estimate of drug-likeness (QED) is 0.210. The predicted octanol–water partition coefficient (Wildman–Crippen LogP) is 5.38. The summed E-state index contributed by atoms with van der Waals surface area (Å²) in [6.45, 7) is 11.6. The Labute approximate surface area is 211 Å². The number of ether oxygens (including phenoxy) is 3. The lowest BCUT2D eigenvalue weighted by molar-refractivity contribution is -0.131. The zero-order chi connectivity index (χ0) is 26.1. The third kappa shape index (κ3) is 13.5. The number of piperidine rings is 1. The standard InChI is InChI=1S/C20H26ClNO5S.C2H4O2.C2H6/c1-13(2)26-20(25)27-14(3)28-18-8-9-22(12-16(18)10-19(23)24)11-15-6-4-5-7-17(15)21;1-4-2-3;1-2/h4-7,10,13-14,18H,8-9,11-12H2,1-3H3,(H,23,24);2H,1H3;1-2H3/b16-10-;;. The van der Waals surface area contributed by atoms with Crippen molar-refractivity contribution in [3.05, 3.63) is 46.5 Å². The number of thioether (sulfide) groups is 1. The van der Waals surface area contributed by atoms with Crippen LogP contribution in [0.3, 0.4) is 0 Å². The number of hydrogen-bond donors (Lipinski definition) is 1. The van der Waals surface area contributed by atoms with Crippen molar-refractivity contribution in [1.29, 1.82) is 0 Å². The van der Waals surface area contributed by atoms with Crippen LogP contribution in [0.25, 0.3) is 0 Å². The van der Waals surface area contributed by atoms with Gasteiger partial charge in [0.05, 0.1) is 13.2 Å². The third-order valence-electron chi connectivity index (χ3n) is 4.23. The van der Waals surface area contributed by atoms with Gasteiger partial charge in [-0.05, 0) is 44.4 Å². The molecular weight excluding hydrogens is 482 g/mol. The summed E-state index contributed by atoms with van der Waals surface area (Å²) >= 11 is 7.68. The summed E-state index contributed by atoms with van der Waals surface area (Å²) < 4.78 is 14.1. The Morgan fingerprint density at radius 1 is 1.24 bits per heavy atom.